The number of para-hydroxylation sites is 1. The average Bonchev–Trinajstić information content (AvgIpc) is 3.30. The number of methoxy groups -OCH3 is 1. The van der Waals surface area contributed by atoms with Gasteiger partial charge in [0, 0.05) is 0 Å². The topological polar surface area (TPSA) is 90.7 Å². The highest BCUT2D eigenvalue weighted by molar-refractivity contribution is 6.21. The van der Waals surface area contributed by atoms with Crippen molar-refractivity contribution in [1.82, 2.24) is 14.7 Å². The van der Waals surface area contributed by atoms with Crippen molar-refractivity contribution < 1.29 is 23.9 Å². The highest BCUT2D eigenvalue weighted by atomic mass is 16.5. The van der Waals surface area contributed by atoms with Gasteiger partial charge in [0.25, 0.3) is 11.8 Å². The molecule has 1 aromatic heterocycles. The van der Waals surface area contributed by atoms with E-state index in [0.717, 1.165) is 10.6 Å². The number of benzene rings is 2. The number of carbonyl (C=O) groups is 3. The summed E-state index contributed by atoms with van der Waals surface area (Å²) in [5.74, 6) is -1.23. The maximum Gasteiger partial charge on any atom is 0.362 e. The molecule has 8 nitrogen and oxygen atoms in total. The first-order valence-electron chi connectivity index (χ1n) is 8.91. The Kier molecular flexibility index (Phi) is 4.82. The monoisotopic (exact) mass is 391 g/mol. The van der Waals surface area contributed by atoms with E-state index in [1.54, 1.807) is 30.5 Å². The Morgan fingerprint density at radius 1 is 0.966 bits per heavy atom. The summed E-state index contributed by atoms with van der Waals surface area (Å²) < 4.78 is 12.0. The summed E-state index contributed by atoms with van der Waals surface area (Å²) in [4.78, 5) is 38.2. The fourth-order valence-electron chi connectivity index (χ4n) is 3.10. The minimum atomic E-state index is -0.701. The van der Waals surface area contributed by atoms with E-state index in [9.17, 15) is 14.4 Å². The lowest BCUT2D eigenvalue weighted by Gasteiger charge is -2.13. The third-order valence-electron chi connectivity index (χ3n) is 4.54. The second-order valence-electron chi connectivity index (χ2n) is 6.27. The Labute approximate surface area is 166 Å². The quantitative estimate of drug-likeness (QED) is 0.473. The molecule has 1 aliphatic heterocycles. The first-order chi connectivity index (χ1) is 14.1. The Balaban J connectivity index is 1.43. The summed E-state index contributed by atoms with van der Waals surface area (Å²) >= 11 is 0. The molecule has 0 atom stereocenters. The number of amides is 2. The molecule has 2 aromatic carbocycles. The van der Waals surface area contributed by atoms with E-state index in [1.807, 2.05) is 30.3 Å². The molecule has 2 amide bonds. The molecule has 0 aliphatic carbocycles. The first kappa shape index (κ1) is 18.4. The molecular formula is C21H17N3O5. The predicted octanol–water partition coefficient (Wildman–Crippen LogP) is 2.33. The van der Waals surface area contributed by atoms with Crippen molar-refractivity contribution >= 4 is 17.8 Å². The smallest absolute Gasteiger partial charge is 0.362 e. The van der Waals surface area contributed by atoms with E-state index < -0.39 is 17.8 Å². The molecule has 0 radical (unpaired) electrons. The minimum Gasteiger partial charge on any atom is -0.493 e. The Bertz CT molecular complexity index is 1060. The van der Waals surface area contributed by atoms with Crippen LogP contribution in [0.1, 0.15) is 31.2 Å². The highest BCUT2D eigenvalue weighted by Crippen LogP contribution is 2.23. The average molecular weight is 391 g/mol. The van der Waals surface area contributed by atoms with Gasteiger partial charge in [0.05, 0.1) is 36.7 Å². The van der Waals surface area contributed by atoms with Crippen LogP contribution in [-0.2, 0) is 4.74 Å². The predicted molar refractivity (Wildman–Crippen MR) is 102 cm³/mol. The van der Waals surface area contributed by atoms with Gasteiger partial charge in [0.15, 0.2) is 5.75 Å². The van der Waals surface area contributed by atoms with Gasteiger partial charge in [-0.15, -0.1) is 0 Å². The number of hydrogen-bond acceptors (Lipinski definition) is 6. The van der Waals surface area contributed by atoms with Crippen LogP contribution in [0, 0.1) is 0 Å². The number of aromatic nitrogens is 2. The zero-order valence-corrected chi connectivity index (χ0v) is 15.6. The van der Waals surface area contributed by atoms with E-state index >= 15 is 0 Å². The summed E-state index contributed by atoms with van der Waals surface area (Å²) in [6.45, 7) is -0.189. The van der Waals surface area contributed by atoms with Crippen LogP contribution in [0.4, 0.5) is 0 Å². The normalized spacial score (nSPS) is 12.8. The molecule has 0 bridgehead atoms. The van der Waals surface area contributed by atoms with E-state index in [-0.39, 0.29) is 24.6 Å². The summed E-state index contributed by atoms with van der Waals surface area (Å²) in [5.41, 5.74) is 1.48. The van der Waals surface area contributed by atoms with Gasteiger partial charge in [-0.05, 0) is 24.3 Å². The van der Waals surface area contributed by atoms with Crippen molar-refractivity contribution in [3.8, 4) is 11.4 Å². The number of hydrogen-bond donors (Lipinski definition) is 0. The first-order valence-corrected chi connectivity index (χ1v) is 8.91. The number of rotatable bonds is 6. The fourth-order valence-corrected chi connectivity index (χ4v) is 3.10. The van der Waals surface area contributed by atoms with E-state index in [0.29, 0.717) is 11.1 Å². The van der Waals surface area contributed by atoms with E-state index in [4.69, 9.17) is 9.47 Å². The lowest BCUT2D eigenvalue weighted by Crippen LogP contribution is -2.33. The van der Waals surface area contributed by atoms with Crippen LogP contribution in [0.25, 0.3) is 5.69 Å². The van der Waals surface area contributed by atoms with Crippen molar-refractivity contribution in [1.29, 1.82) is 0 Å². The molecule has 146 valence electrons. The Morgan fingerprint density at radius 2 is 1.59 bits per heavy atom. The molecule has 0 unspecified atom stereocenters. The van der Waals surface area contributed by atoms with Crippen LogP contribution in [0.2, 0.25) is 0 Å². The zero-order chi connectivity index (χ0) is 20.4. The summed E-state index contributed by atoms with van der Waals surface area (Å²) in [6, 6.07) is 15.8. The molecule has 0 fully saturated rings. The SMILES string of the molecule is COc1cn(-c2ccccc2)nc1C(=O)OCCN1C(=O)c2ccccc2C1=O. The molecular weight excluding hydrogens is 374 g/mol. The molecule has 0 saturated heterocycles. The van der Waals surface area contributed by atoms with Crippen LogP contribution in [0.5, 0.6) is 5.75 Å². The second kappa shape index (κ2) is 7.59. The fraction of sp³-hybridized carbons (Fsp3) is 0.143. The van der Waals surface area contributed by atoms with Crippen LogP contribution in [0.3, 0.4) is 0 Å². The van der Waals surface area contributed by atoms with Gasteiger partial charge >= 0.3 is 5.97 Å². The van der Waals surface area contributed by atoms with Crippen molar-refractivity contribution in [2.24, 2.45) is 0 Å². The maximum atomic E-state index is 12.5. The van der Waals surface area contributed by atoms with Crippen molar-refractivity contribution in [3.05, 3.63) is 77.6 Å². The number of ether oxygens (including phenoxy) is 2. The standard InChI is InChI=1S/C21H17N3O5/c1-28-17-13-24(14-7-3-2-4-8-14)22-18(17)21(27)29-12-11-23-19(25)15-9-5-6-10-16(15)20(23)26/h2-10,13H,11-12H2,1H3. The van der Waals surface area contributed by atoms with Crippen LogP contribution in [0.15, 0.2) is 60.8 Å². The van der Waals surface area contributed by atoms with Crippen LogP contribution < -0.4 is 4.74 Å². The van der Waals surface area contributed by atoms with E-state index in [1.165, 1.54) is 11.8 Å². The highest BCUT2D eigenvalue weighted by Gasteiger charge is 2.35. The number of nitrogens with zero attached hydrogens (tertiary/aromatic N) is 3. The lowest BCUT2D eigenvalue weighted by atomic mass is 10.1. The lowest BCUT2D eigenvalue weighted by molar-refractivity contribution is 0.0412. The number of imide groups is 1. The third kappa shape index (κ3) is 3.36. The van der Waals surface area contributed by atoms with Crippen molar-refractivity contribution in [2.45, 2.75) is 0 Å². The molecule has 4 rings (SSSR count). The molecule has 29 heavy (non-hydrogen) atoms. The molecule has 0 saturated carbocycles. The van der Waals surface area contributed by atoms with Crippen molar-refractivity contribution in [2.75, 3.05) is 20.3 Å². The van der Waals surface area contributed by atoms with Gasteiger partial charge < -0.3 is 9.47 Å². The second-order valence-corrected chi connectivity index (χ2v) is 6.27. The number of carbonyl (C=O) groups excluding carboxylic acids is 3. The molecule has 8 heteroatoms. The van der Waals surface area contributed by atoms with Gasteiger partial charge in [-0.1, -0.05) is 30.3 Å². The molecule has 2 heterocycles. The van der Waals surface area contributed by atoms with Gasteiger partial charge in [-0.2, -0.15) is 5.10 Å². The van der Waals surface area contributed by atoms with Crippen molar-refractivity contribution in [3.63, 3.8) is 0 Å². The number of esters is 1. The number of fused-ring (bicyclic) bond motifs is 1. The van der Waals surface area contributed by atoms with Crippen LogP contribution in [-0.4, -0.2) is 52.7 Å². The maximum absolute atomic E-state index is 12.5. The molecule has 0 spiro atoms. The largest absolute Gasteiger partial charge is 0.493 e. The van der Waals surface area contributed by atoms with Crippen LogP contribution >= 0.6 is 0 Å². The molecule has 3 aromatic rings. The third-order valence-corrected chi connectivity index (χ3v) is 4.54. The summed E-state index contributed by atoms with van der Waals surface area (Å²) in [5, 5.41) is 4.23. The Morgan fingerprint density at radius 3 is 2.21 bits per heavy atom. The summed E-state index contributed by atoms with van der Waals surface area (Å²) in [7, 11) is 1.43. The van der Waals surface area contributed by atoms with Gasteiger partial charge in [-0.3, -0.25) is 14.5 Å². The molecule has 0 N–H and O–H groups in total. The minimum absolute atomic E-state index is 0.0127. The Hall–Kier alpha value is -3.94. The van der Waals surface area contributed by atoms with Gasteiger partial charge in [0.2, 0.25) is 5.69 Å². The van der Waals surface area contributed by atoms with Gasteiger partial charge in [-0.25, -0.2) is 9.48 Å². The van der Waals surface area contributed by atoms with E-state index in [2.05, 4.69) is 5.10 Å². The van der Waals surface area contributed by atoms with Gasteiger partial charge in [0.1, 0.15) is 6.61 Å². The molecule has 1 aliphatic rings. The summed E-state index contributed by atoms with van der Waals surface area (Å²) in [6.07, 6.45) is 1.58. The zero-order valence-electron chi connectivity index (χ0n) is 15.6.